The first-order chi connectivity index (χ1) is 7.76. The Labute approximate surface area is 95.9 Å². The summed E-state index contributed by atoms with van der Waals surface area (Å²) in [5.41, 5.74) is 0.923. The summed E-state index contributed by atoms with van der Waals surface area (Å²) in [6.07, 6.45) is 3.09. The first-order valence-electron chi connectivity index (χ1n) is 5.19. The highest BCUT2D eigenvalue weighted by Crippen LogP contribution is 2.11. The highest BCUT2D eigenvalue weighted by molar-refractivity contribution is 5.83. The van der Waals surface area contributed by atoms with Crippen molar-refractivity contribution in [1.29, 1.82) is 0 Å². The van der Waals surface area contributed by atoms with Gasteiger partial charge in [0.1, 0.15) is 5.75 Å². The van der Waals surface area contributed by atoms with Crippen molar-refractivity contribution >= 4 is 5.97 Å². The summed E-state index contributed by atoms with van der Waals surface area (Å²) in [4.78, 5) is 10.9. The molecule has 16 heavy (non-hydrogen) atoms. The summed E-state index contributed by atoms with van der Waals surface area (Å²) >= 11 is 0. The third-order valence-electron chi connectivity index (χ3n) is 1.85. The maximum atomic E-state index is 10.9. The second kappa shape index (κ2) is 6.47. The van der Waals surface area contributed by atoms with Crippen LogP contribution in [-0.4, -0.2) is 5.97 Å². The van der Waals surface area contributed by atoms with Crippen LogP contribution in [0.1, 0.15) is 25.3 Å². The zero-order valence-corrected chi connectivity index (χ0v) is 9.32. The molecule has 0 saturated heterocycles. The number of unbranched alkanes of at least 4 members (excludes halogenated alkanes) is 1. The molecule has 0 radical (unpaired) electrons. The molecule has 0 aliphatic carbocycles. The molecule has 0 unspecified atom stereocenters. The molecule has 0 fully saturated rings. The number of benzene rings is 1. The number of ether oxygens (including phenoxy) is 1. The van der Waals surface area contributed by atoms with E-state index < -0.39 is 5.97 Å². The maximum Gasteiger partial charge on any atom is 0.335 e. The molecular formula is C14H14O2. The van der Waals surface area contributed by atoms with Crippen molar-refractivity contribution in [3.8, 4) is 17.6 Å². The van der Waals surface area contributed by atoms with Crippen LogP contribution in [0.4, 0.5) is 0 Å². The van der Waals surface area contributed by atoms with E-state index in [2.05, 4.69) is 25.3 Å². The van der Waals surface area contributed by atoms with Crippen LogP contribution in [0.5, 0.6) is 5.75 Å². The molecule has 0 N–H and O–H groups in total. The minimum atomic E-state index is -0.454. The van der Waals surface area contributed by atoms with Gasteiger partial charge < -0.3 is 4.74 Å². The highest BCUT2D eigenvalue weighted by atomic mass is 16.5. The van der Waals surface area contributed by atoms with Crippen molar-refractivity contribution in [3.63, 3.8) is 0 Å². The number of carbonyl (C=O) groups is 1. The Morgan fingerprint density at radius 2 is 2.12 bits per heavy atom. The molecule has 0 aromatic heterocycles. The van der Waals surface area contributed by atoms with Gasteiger partial charge in [-0.25, -0.2) is 4.79 Å². The molecule has 0 aliphatic rings. The molecule has 0 aliphatic heterocycles. The quantitative estimate of drug-likeness (QED) is 0.334. The third-order valence-corrected chi connectivity index (χ3v) is 1.85. The largest absolute Gasteiger partial charge is 0.423 e. The van der Waals surface area contributed by atoms with Gasteiger partial charge in [-0.3, -0.25) is 0 Å². The van der Waals surface area contributed by atoms with Crippen LogP contribution in [0, 0.1) is 11.8 Å². The van der Waals surface area contributed by atoms with E-state index in [-0.39, 0.29) is 0 Å². The van der Waals surface area contributed by atoms with Gasteiger partial charge in [0.25, 0.3) is 0 Å². The fourth-order valence-corrected chi connectivity index (χ4v) is 1.05. The Balaban J connectivity index is 2.65. The SMILES string of the molecule is C=CC(=O)Oc1ccc(C#CCCC)cc1. The average Bonchev–Trinajstić information content (AvgIpc) is 2.31. The standard InChI is InChI=1S/C14H14O2/c1-3-5-6-7-12-8-10-13(11-9-12)16-14(15)4-2/h4,8-11H,2-3,5H2,1H3. The summed E-state index contributed by atoms with van der Waals surface area (Å²) in [5.74, 6) is 6.13. The van der Waals surface area contributed by atoms with E-state index in [1.807, 2.05) is 12.1 Å². The smallest absolute Gasteiger partial charge is 0.335 e. The first kappa shape index (κ1) is 12.1. The normalized spacial score (nSPS) is 8.81. The van der Waals surface area contributed by atoms with Crippen LogP contribution in [0.15, 0.2) is 36.9 Å². The van der Waals surface area contributed by atoms with Crippen LogP contribution >= 0.6 is 0 Å². The summed E-state index contributed by atoms with van der Waals surface area (Å²) in [6, 6.07) is 7.09. The average molecular weight is 214 g/mol. The number of hydrogen-bond donors (Lipinski definition) is 0. The number of esters is 1. The van der Waals surface area contributed by atoms with Gasteiger partial charge in [0.2, 0.25) is 0 Å². The van der Waals surface area contributed by atoms with Crippen LogP contribution in [0.2, 0.25) is 0 Å². The van der Waals surface area contributed by atoms with E-state index in [4.69, 9.17) is 4.74 Å². The predicted molar refractivity (Wildman–Crippen MR) is 64.1 cm³/mol. The Morgan fingerprint density at radius 3 is 2.69 bits per heavy atom. The van der Waals surface area contributed by atoms with Crippen molar-refractivity contribution in [2.75, 3.05) is 0 Å². The van der Waals surface area contributed by atoms with Crippen LogP contribution in [0.3, 0.4) is 0 Å². The van der Waals surface area contributed by atoms with E-state index in [9.17, 15) is 4.79 Å². The van der Waals surface area contributed by atoms with Gasteiger partial charge in [-0.1, -0.05) is 25.3 Å². The van der Waals surface area contributed by atoms with Crippen molar-refractivity contribution in [2.24, 2.45) is 0 Å². The van der Waals surface area contributed by atoms with Crippen molar-refractivity contribution in [1.82, 2.24) is 0 Å². The van der Waals surface area contributed by atoms with Gasteiger partial charge in [-0.15, -0.1) is 0 Å². The molecule has 0 heterocycles. The van der Waals surface area contributed by atoms with Crippen LogP contribution in [-0.2, 0) is 4.79 Å². The molecule has 0 saturated carbocycles. The molecule has 82 valence electrons. The van der Waals surface area contributed by atoms with E-state index in [0.29, 0.717) is 5.75 Å². The molecule has 2 heteroatoms. The Morgan fingerprint density at radius 1 is 1.44 bits per heavy atom. The second-order valence-electron chi connectivity index (χ2n) is 3.20. The van der Waals surface area contributed by atoms with Gasteiger partial charge in [-0.2, -0.15) is 0 Å². The van der Waals surface area contributed by atoms with Crippen molar-refractivity contribution in [3.05, 3.63) is 42.5 Å². The summed E-state index contributed by atoms with van der Waals surface area (Å²) in [5, 5.41) is 0. The summed E-state index contributed by atoms with van der Waals surface area (Å²) < 4.78 is 4.94. The Hall–Kier alpha value is -2.01. The second-order valence-corrected chi connectivity index (χ2v) is 3.20. The van der Waals surface area contributed by atoms with E-state index in [1.165, 1.54) is 0 Å². The molecule has 0 bridgehead atoms. The van der Waals surface area contributed by atoms with E-state index in [1.54, 1.807) is 12.1 Å². The molecular weight excluding hydrogens is 200 g/mol. The lowest BCUT2D eigenvalue weighted by Gasteiger charge is -2.00. The molecule has 1 aromatic rings. The molecule has 2 nitrogen and oxygen atoms in total. The monoisotopic (exact) mass is 214 g/mol. The molecule has 0 amide bonds. The minimum Gasteiger partial charge on any atom is -0.423 e. The van der Waals surface area contributed by atoms with Gasteiger partial charge in [0.05, 0.1) is 0 Å². The lowest BCUT2D eigenvalue weighted by molar-refractivity contribution is -0.128. The molecule has 1 aromatic carbocycles. The fourth-order valence-electron chi connectivity index (χ4n) is 1.05. The van der Waals surface area contributed by atoms with Crippen LogP contribution < -0.4 is 4.74 Å². The molecule has 0 spiro atoms. The summed E-state index contributed by atoms with van der Waals surface area (Å²) in [7, 11) is 0. The van der Waals surface area contributed by atoms with E-state index >= 15 is 0 Å². The molecule has 1 rings (SSSR count). The fraction of sp³-hybridized carbons (Fsp3) is 0.214. The van der Waals surface area contributed by atoms with E-state index in [0.717, 1.165) is 24.5 Å². The summed E-state index contributed by atoms with van der Waals surface area (Å²) in [6.45, 7) is 5.42. The lowest BCUT2D eigenvalue weighted by Crippen LogP contribution is -2.02. The number of hydrogen-bond acceptors (Lipinski definition) is 2. The van der Waals surface area contributed by atoms with Gasteiger partial charge in [0, 0.05) is 18.1 Å². The van der Waals surface area contributed by atoms with Crippen molar-refractivity contribution in [2.45, 2.75) is 19.8 Å². The van der Waals surface area contributed by atoms with Gasteiger partial charge in [0.15, 0.2) is 0 Å². The third kappa shape index (κ3) is 4.02. The van der Waals surface area contributed by atoms with Crippen molar-refractivity contribution < 1.29 is 9.53 Å². The first-order valence-corrected chi connectivity index (χ1v) is 5.19. The zero-order valence-electron chi connectivity index (χ0n) is 9.32. The Kier molecular flexibility index (Phi) is 4.88. The number of rotatable bonds is 3. The Bertz CT molecular complexity index is 418. The number of carbonyl (C=O) groups excluding carboxylic acids is 1. The molecule has 0 atom stereocenters. The van der Waals surface area contributed by atoms with Crippen LogP contribution in [0.25, 0.3) is 0 Å². The topological polar surface area (TPSA) is 26.3 Å². The maximum absolute atomic E-state index is 10.9. The zero-order chi connectivity index (χ0) is 11.8. The van der Waals surface area contributed by atoms with Gasteiger partial charge in [-0.05, 0) is 30.7 Å². The minimum absolute atomic E-state index is 0.454. The predicted octanol–water partition coefficient (Wildman–Crippen LogP) is 2.93. The lowest BCUT2D eigenvalue weighted by atomic mass is 10.2. The van der Waals surface area contributed by atoms with Gasteiger partial charge >= 0.3 is 5.97 Å². The highest BCUT2D eigenvalue weighted by Gasteiger charge is 1.98.